The van der Waals surface area contributed by atoms with Crippen molar-refractivity contribution in [2.45, 2.75) is 58.8 Å². The fourth-order valence-electron chi connectivity index (χ4n) is 6.25. The Morgan fingerprint density at radius 3 is 2.83 bits per heavy atom. The fourth-order valence-corrected chi connectivity index (χ4v) is 6.25. The Kier molecular flexibility index (Phi) is 3.32. The van der Waals surface area contributed by atoms with Crippen LogP contribution in [0.2, 0.25) is 0 Å². The maximum atomic E-state index is 11.8. The van der Waals surface area contributed by atoms with Gasteiger partial charge >= 0.3 is 0 Å². The molecule has 0 bridgehead atoms. The topological polar surface area (TPSA) is 34.1 Å². The minimum atomic E-state index is 0.122. The lowest BCUT2D eigenvalue weighted by molar-refractivity contribution is -0.115. The largest absolute Gasteiger partial charge is 0.295 e. The first-order valence-electron chi connectivity index (χ1n) is 9.14. The van der Waals surface area contributed by atoms with E-state index in [1.54, 1.807) is 11.6 Å². The van der Waals surface area contributed by atoms with Gasteiger partial charge in [0.15, 0.2) is 5.78 Å². The predicted octanol–water partition coefficient (Wildman–Crippen LogP) is 4.44. The summed E-state index contributed by atoms with van der Waals surface area (Å²) >= 11 is 0. The van der Waals surface area contributed by atoms with Gasteiger partial charge in [-0.3, -0.25) is 4.79 Å². The molecule has 2 nitrogen and oxygen atoms in total. The van der Waals surface area contributed by atoms with Crippen LogP contribution in [0.15, 0.2) is 29.4 Å². The Morgan fingerprint density at radius 2 is 2.04 bits per heavy atom. The van der Waals surface area contributed by atoms with Gasteiger partial charge < -0.3 is 0 Å². The maximum Gasteiger partial charge on any atom is 0.155 e. The third-order valence-electron chi connectivity index (χ3n) is 7.68. The molecule has 2 saturated carbocycles. The highest BCUT2D eigenvalue weighted by molar-refractivity contribution is 5.92. The minimum Gasteiger partial charge on any atom is -0.295 e. The molecule has 0 unspecified atom stereocenters. The minimum absolute atomic E-state index is 0.122. The lowest BCUT2D eigenvalue weighted by Crippen LogP contribution is -2.44. The van der Waals surface area contributed by atoms with E-state index in [2.05, 4.69) is 25.9 Å². The van der Waals surface area contributed by atoms with Gasteiger partial charge in [-0.2, -0.15) is 0 Å². The van der Waals surface area contributed by atoms with Gasteiger partial charge in [-0.25, -0.2) is 4.79 Å². The van der Waals surface area contributed by atoms with Crippen molar-refractivity contribution in [3.63, 3.8) is 0 Å². The standard InChI is InChI=1S/C21H26O2/c1-20-11-8-19-17(18(20)6-4-14(20)9-12-22)5-3-15-13-16(23)7-10-21(15,19)2/h8-9,13-14,17-18H,3-7,10-11H2,1-2H3/t14-,17-,18-,20+,21-/m0/s1. The summed E-state index contributed by atoms with van der Waals surface area (Å²) in [7, 11) is 0. The molecule has 0 amide bonds. The normalized spacial score (nSPS) is 45.1. The van der Waals surface area contributed by atoms with Crippen LogP contribution in [0.5, 0.6) is 0 Å². The Morgan fingerprint density at radius 1 is 1.22 bits per heavy atom. The van der Waals surface area contributed by atoms with Gasteiger partial charge in [0, 0.05) is 17.9 Å². The first-order valence-corrected chi connectivity index (χ1v) is 9.14. The Balaban J connectivity index is 1.74. The molecule has 0 aromatic carbocycles. The third-order valence-corrected chi connectivity index (χ3v) is 7.68. The van der Waals surface area contributed by atoms with E-state index in [1.807, 2.05) is 6.08 Å². The van der Waals surface area contributed by atoms with Crippen molar-refractivity contribution in [2.24, 2.45) is 28.6 Å². The zero-order valence-electron chi connectivity index (χ0n) is 14.2. The van der Waals surface area contributed by atoms with E-state index in [0.29, 0.717) is 30.0 Å². The van der Waals surface area contributed by atoms with E-state index in [1.165, 1.54) is 18.4 Å². The van der Waals surface area contributed by atoms with Gasteiger partial charge in [0.25, 0.3) is 0 Å². The van der Waals surface area contributed by atoms with Crippen LogP contribution in [-0.4, -0.2) is 11.7 Å². The smallest absolute Gasteiger partial charge is 0.155 e. The first kappa shape index (κ1) is 15.1. The number of hydrogen-bond acceptors (Lipinski definition) is 2. The van der Waals surface area contributed by atoms with Crippen LogP contribution in [0.3, 0.4) is 0 Å². The number of carbonyl (C=O) groups is 1. The van der Waals surface area contributed by atoms with Gasteiger partial charge in [-0.1, -0.05) is 31.1 Å². The molecule has 0 aromatic rings. The molecule has 0 spiro atoms. The predicted molar refractivity (Wildman–Crippen MR) is 90.4 cm³/mol. The van der Waals surface area contributed by atoms with E-state index in [9.17, 15) is 9.59 Å². The van der Waals surface area contributed by atoms with Crippen LogP contribution in [0.4, 0.5) is 0 Å². The first-order chi connectivity index (χ1) is 11.0. The van der Waals surface area contributed by atoms with Crippen molar-refractivity contribution in [1.82, 2.24) is 0 Å². The zero-order valence-corrected chi connectivity index (χ0v) is 14.2. The second-order valence-electron chi connectivity index (χ2n) is 8.56. The average molecular weight is 310 g/mol. The van der Waals surface area contributed by atoms with Crippen molar-refractivity contribution in [1.29, 1.82) is 0 Å². The molecule has 4 aliphatic carbocycles. The summed E-state index contributed by atoms with van der Waals surface area (Å²) in [4.78, 5) is 22.7. The van der Waals surface area contributed by atoms with Crippen LogP contribution in [-0.2, 0) is 9.59 Å². The highest BCUT2D eigenvalue weighted by Crippen LogP contribution is 2.64. The number of carbonyl (C=O) groups excluding carboxylic acids is 2. The molecular weight excluding hydrogens is 284 g/mol. The maximum absolute atomic E-state index is 11.8. The summed E-state index contributed by atoms with van der Waals surface area (Å²) in [5, 5.41) is 0. The van der Waals surface area contributed by atoms with E-state index in [4.69, 9.17) is 0 Å². The van der Waals surface area contributed by atoms with Gasteiger partial charge in [-0.05, 0) is 67.8 Å². The molecule has 4 aliphatic rings. The molecule has 0 N–H and O–H groups in total. The van der Waals surface area contributed by atoms with Crippen LogP contribution in [0.25, 0.3) is 0 Å². The molecular formula is C21H26O2. The fraction of sp³-hybridized carbons (Fsp3) is 0.667. The number of ketones is 1. The average Bonchev–Trinajstić information content (AvgIpc) is 2.85. The van der Waals surface area contributed by atoms with E-state index >= 15 is 0 Å². The highest BCUT2D eigenvalue weighted by Gasteiger charge is 2.55. The number of fused-ring (bicyclic) bond motifs is 5. The Labute approximate surface area is 138 Å². The Bertz CT molecular complexity index is 663. The van der Waals surface area contributed by atoms with Gasteiger partial charge in [0.1, 0.15) is 5.94 Å². The third kappa shape index (κ3) is 2.01. The molecule has 2 heteroatoms. The summed E-state index contributed by atoms with van der Waals surface area (Å²) in [6.45, 7) is 4.75. The molecule has 0 heterocycles. The summed E-state index contributed by atoms with van der Waals surface area (Å²) in [6, 6.07) is 0. The van der Waals surface area contributed by atoms with Gasteiger partial charge in [0.05, 0.1) is 0 Å². The quantitative estimate of drug-likeness (QED) is 0.530. The van der Waals surface area contributed by atoms with Crippen LogP contribution >= 0.6 is 0 Å². The second-order valence-corrected chi connectivity index (χ2v) is 8.56. The van der Waals surface area contributed by atoms with Crippen LogP contribution in [0, 0.1) is 28.6 Å². The molecule has 0 saturated heterocycles. The summed E-state index contributed by atoms with van der Waals surface area (Å²) in [6.07, 6.45) is 13.6. The molecule has 0 radical (unpaired) electrons. The van der Waals surface area contributed by atoms with E-state index < -0.39 is 0 Å². The van der Waals surface area contributed by atoms with E-state index in [0.717, 1.165) is 25.7 Å². The molecule has 122 valence electrons. The lowest BCUT2D eigenvalue weighted by Gasteiger charge is -2.53. The van der Waals surface area contributed by atoms with Crippen molar-refractivity contribution < 1.29 is 9.59 Å². The van der Waals surface area contributed by atoms with Crippen molar-refractivity contribution >= 4 is 11.7 Å². The molecule has 23 heavy (non-hydrogen) atoms. The number of hydrogen-bond donors (Lipinski definition) is 0. The lowest BCUT2D eigenvalue weighted by atomic mass is 9.51. The molecule has 5 atom stereocenters. The summed E-state index contributed by atoms with van der Waals surface area (Å²) < 4.78 is 0. The second kappa shape index (κ2) is 5.05. The molecule has 4 rings (SSSR count). The SMILES string of the molecule is C[C@]12CCC(=O)C=C1CC[C@@H]1C2=CC[C@]2(C)[C@H](C=C=O)CC[C@@H]12. The Hall–Kier alpha value is -1.40. The van der Waals surface area contributed by atoms with Crippen molar-refractivity contribution in [3.8, 4) is 0 Å². The highest BCUT2D eigenvalue weighted by atomic mass is 16.1. The van der Waals surface area contributed by atoms with Gasteiger partial charge in [-0.15, -0.1) is 0 Å². The van der Waals surface area contributed by atoms with E-state index in [-0.39, 0.29) is 10.8 Å². The molecule has 2 fully saturated rings. The van der Waals surface area contributed by atoms with Crippen LogP contribution < -0.4 is 0 Å². The van der Waals surface area contributed by atoms with Gasteiger partial charge in [0.2, 0.25) is 0 Å². The summed E-state index contributed by atoms with van der Waals surface area (Å²) in [5.74, 6) is 4.09. The van der Waals surface area contributed by atoms with Crippen LogP contribution in [0.1, 0.15) is 58.8 Å². The molecule has 0 aliphatic heterocycles. The summed E-state index contributed by atoms with van der Waals surface area (Å²) in [5.41, 5.74) is 3.34. The monoisotopic (exact) mass is 310 g/mol. The number of rotatable bonds is 1. The zero-order chi connectivity index (χ0) is 16.2. The van der Waals surface area contributed by atoms with Crippen molar-refractivity contribution in [2.75, 3.05) is 0 Å². The van der Waals surface area contributed by atoms with Crippen molar-refractivity contribution in [3.05, 3.63) is 29.4 Å². The number of allylic oxidation sites excluding steroid dienone is 5. The molecule has 0 aromatic heterocycles.